The standard InChI is InChI=1S/C15H24N2O3S/c1-18-7-8-20-10-9-19-6-4-17-5-11-21-15-3-2-13(16)12-14(15)17/h2-3,12H,4-11,16H2,1H3. The van der Waals surface area contributed by atoms with E-state index in [0.717, 1.165) is 24.5 Å². The molecule has 1 aliphatic heterocycles. The molecule has 1 aromatic carbocycles. The maximum atomic E-state index is 5.88. The zero-order valence-corrected chi connectivity index (χ0v) is 13.4. The molecule has 1 aromatic rings. The lowest BCUT2D eigenvalue weighted by molar-refractivity contribution is 0.0265. The minimum Gasteiger partial charge on any atom is -0.399 e. The van der Waals surface area contributed by atoms with Gasteiger partial charge in [0.2, 0.25) is 0 Å². The number of nitrogens with zero attached hydrogens (tertiary/aromatic N) is 1. The summed E-state index contributed by atoms with van der Waals surface area (Å²) in [4.78, 5) is 3.65. The maximum absolute atomic E-state index is 5.88. The largest absolute Gasteiger partial charge is 0.399 e. The van der Waals surface area contributed by atoms with Gasteiger partial charge in [-0.25, -0.2) is 0 Å². The summed E-state index contributed by atoms with van der Waals surface area (Å²) in [7, 11) is 1.67. The second kappa shape index (κ2) is 9.15. The molecule has 5 nitrogen and oxygen atoms in total. The molecule has 0 aliphatic carbocycles. The van der Waals surface area contributed by atoms with Crippen molar-refractivity contribution in [3.05, 3.63) is 18.2 Å². The summed E-state index contributed by atoms with van der Waals surface area (Å²) in [6, 6.07) is 6.12. The van der Waals surface area contributed by atoms with E-state index in [1.165, 1.54) is 10.6 Å². The van der Waals surface area contributed by atoms with Crippen molar-refractivity contribution in [3.63, 3.8) is 0 Å². The molecule has 1 heterocycles. The Hall–Kier alpha value is -0.950. The third kappa shape index (κ3) is 5.39. The van der Waals surface area contributed by atoms with Crippen LogP contribution in [0.15, 0.2) is 23.1 Å². The molecule has 0 spiro atoms. The lowest BCUT2D eigenvalue weighted by Gasteiger charge is -2.31. The van der Waals surface area contributed by atoms with E-state index in [-0.39, 0.29) is 0 Å². The Labute approximate surface area is 130 Å². The molecule has 0 saturated carbocycles. The number of rotatable bonds is 9. The topological polar surface area (TPSA) is 57.0 Å². The van der Waals surface area contributed by atoms with Crippen LogP contribution >= 0.6 is 11.8 Å². The number of methoxy groups -OCH3 is 1. The van der Waals surface area contributed by atoms with Gasteiger partial charge >= 0.3 is 0 Å². The fraction of sp³-hybridized carbons (Fsp3) is 0.600. The first kappa shape index (κ1) is 16.4. The molecule has 118 valence electrons. The number of anilines is 2. The smallest absolute Gasteiger partial charge is 0.0701 e. The van der Waals surface area contributed by atoms with Gasteiger partial charge in [-0.2, -0.15) is 0 Å². The minimum atomic E-state index is 0.614. The van der Waals surface area contributed by atoms with Crippen LogP contribution in [0.2, 0.25) is 0 Å². The van der Waals surface area contributed by atoms with Crippen molar-refractivity contribution in [3.8, 4) is 0 Å². The second-order valence-electron chi connectivity index (χ2n) is 4.78. The Kier molecular flexibility index (Phi) is 7.15. The van der Waals surface area contributed by atoms with E-state index in [1.54, 1.807) is 7.11 Å². The third-order valence-electron chi connectivity index (χ3n) is 3.25. The van der Waals surface area contributed by atoms with E-state index in [9.17, 15) is 0 Å². The number of hydrogen-bond donors (Lipinski definition) is 1. The summed E-state index contributed by atoms with van der Waals surface area (Å²) in [6.45, 7) is 5.11. The Morgan fingerprint density at radius 1 is 1.14 bits per heavy atom. The van der Waals surface area contributed by atoms with Crippen LogP contribution in [0.4, 0.5) is 11.4 Å². The molecule has 0 radical (unpaired) electrons. The molecule has 6 heteroatoms. The molecule has 0 atom stereocenters. The van der Waals surface area contributed by atoms with E-state index < -0.39 is 0 Å². The van der Waals surface area contributed by atoms with Crippen LogP contribution < -0.4 is 10.6 Å². The van der Waals surface area contributed by atoms with Crippen LogP contribution in [0.25, 0.3) is 0 Å². The van der Waals surface area contributed by atoms with Crippen LogP contribution in [0.3, 0.4) is 0 Å². The highest BCUT2D eigenvalue weighted by Crippen LogP contribution is 2.35. The van der Waals surface area contributed by atoms with Crippen LogP contribution in [-0.4, -0.2) is 59.0 Å². The number of thioether (sulfide) groups is 1. The predicted octanol–water partition coefficient (Wildman–Crippen LogP) is 1.86. The van der Waals surface area contributed by atoms with Crippen molar-refractivity contribution < 1.29 is 14.2 Å². The normalized spacial score (nSPS) is 14.2. The minimum absolute atomic E-state index is 0.614. The maximum Gasteiger partial charge on any atom is 0.0701 e. The van der Waals surface area contributed by atoms with E-state index in [1.807, 2.05) is 17.8 Å². The van der Waals surface area contributed by atoms with Crippen LogP contribution in [-0.2, 0) is 14.2 Å². The van der Waals surface area contributed by atoms with E-state index in [2.05, 4.69) is 17.0 Å². The number of fused-ring (bicyclic) bond motifs is 1. The van der Waals surface area contributed by atoms with Gasteiger partial charge in [-0.15, -0.1) is 11.8 Å². The summed E-state index contributed by atoms with van der Waals surface area (Å²) in [5, 5.41) is 0. The van der Waals surface area contributed by atoms with Crippen molar-refractivity contribution in [1.82, 2.24) is 0 Å². The molecule has 0 amide bonds. The van der Waals surface area contributed by atoms with Gasteiger partial charge in [0.05, 0.1) is 38.7 Å². The quantitative estimate of drug-likeness (QED) is 0.555. The summed E-state index contributed by atoms with van der Waals surface area (Å²) in [5.41, 5.74) is 7.93. The SMILES string of the molecule is COCCOCCOCCN1CCSc2ccc(N)cc21. The van der Waals surface area contributed by atoms with Gasteiger partial charge in [-0.1, -0.05) is 0 Å². The van der Waals surface area contributed by atoms with Gasteiger partial charge in [0.25, 0.3) is 0 Å². The second-order valence-corrected chi connectivity index (χ2v) is 5.92. The number of benzene rings is 1. The molecule has 0 bridgehead atoms. The van der Waals surface area contributed by atoms with Crippen molar-refractivity contribution in [2.75, 3.05) is 69.6 Å². The average molecular weight is 312 g/mol. The predicted molar refractivity (Wildman–Crippen MR) is 87.3 cm³/mol. The summed E-state index contributed by atoms with van der Waals surface area (Å²) in [6.07, 6.45) is 0. The van der Waals surface area contributed by atoms with Crippen molar-refractivity contribution in [1.29, 1.82) is 0 Å². The van der Waals surface area contributed by atoms with Gasteiger partial charge in [-0.3, -0.25) is 0 Å². The van der Waals surface area contributed by atoms with Gasteiger partial charge < -0.3 is 24.8 Å². The first-order chi connectivity index (χ1) is 10.3. The van der Waals surface area contributed by atoms with Crippen LogP contribution in [0.1, 0.15) is 0 Å². The van der Waals surface area contributed by atoms with Gasteiger partial charge in [0.15, 0.2) is 0 Å². The molecule has 1 aliphatic rings. The fourth-order valence-corrected chi connectivity index (χ4v) is 3.19. The zero-order chi connectivity index (χ0) is 14.9. The molecular weight excluding hydrogens is 288 g/mol. The molecular formula is C15H24N2O3S. The number of nitrogens with two attached hydrogens (primary N) is 1. The number of ether oxygens (including phenoxy) is 3. The van der Waals surface area contributed by atoms with Crippen LogP contribution in [0, 0.1) is 0 Å². The highest BCUT2D eigenvalue weighted by Gasteiger charge is 2.17. The molecule has 2 rings (SSSR count). The van der Waals surface area contributed by atoms with Gasteiger partial charge in [-0.05, 0) is 18.2 Å². The van der Waals surface area contributed by atoms with Gasteiger partial charge in [0, 0.05) is 36.5 Å². The highest BCUT2D eigenvalue weighted by molar-refractivity contribution is 7.99. The Morgan fingerprint density at radius 2 is 1.90 bits per heavy atom. The van der Waals surface area contributed by atoms with E-state index in [0.29, 0.717) is 33.0 Å². The molecule has 21 heavy (non-hydrogen) atoms. The molecule has 0 unspecified atom stereocenters. The third-order valence-corrected chi connectivity index (χ3v) is 4.29. The Balaban J connectivity index is 1.67. The Bertz CT molecular complexity index is 431. The molecule has 0 aromatic heterocycles. The Morgan fingerprint density at radius 3 is 2.71 bits per heavy atom. The number of hydrogen-bond acceptors (Lipinski definition) is 6. The molecule has 2 N–H and O–H groups in total. The van der Waals surface area contributed by atoms with Crippen molar-refractivity contribution >= 4 is 23.1 Å². The van der Waals surface area contributed by atoms with Crippen molar-refractivity contribution in [2.45, 2.75) is 4.90 Å². The summed E-state index contributed by atoms with van der Waals surface area (Å²) in [5.74, 6) is 1.11. The monoisotopic (exact) mass is 312 g/mol. The van der Waals surface area contributed by atoms with Crippen LogP contribution in [0.5, 0.6) is 0 Å². The highest BCUT2D eigenvalue weighted by atomic mass is 32.2. The van der Waals surface area contributed by atoms with E-state index >= 15 is 0 Å². The van der Waals surface area contributed by atoms with Gasteiger partial charge in [0.1, 0.15) is 0 Å². The van der Waals surface area contributed by atoms with Crippen molar-refractivity contribution in [2.24, 2.45) is 0 Å². The first-order valence-electron chi connectivity index (χ1n) is 7.23. The average Bonchev–Trinajstić information content (AvgIpc) is 2.50. The van der Waals surface area contributed by atoms with E-state index in [4.69, 9.17) is 19.9 Å². The fourth-order valence-electron chi connectivity index (χ4n) is 2.16. The lowest BCUT2D eigenvalue weighted by Crippen LogP contribution is -2.32. The summed E-state index contributed by atoms with van der Waals surface area (Å²) >= 11 is 1.89. The molecule has 0 fully saturated rings. The molecule has 0 saturated heterocycles. The first-order valence-corrected chi connectivity index (χ1v) is 8.21. The zero-order valence-electron chi connectivity index (χ0n) is 12.5. The summed E-state index contributed by atoms with van der Waals surface area (Å²) < 4.78 is 15.9. The number of nitrogen functional groups attached to an aromatic ring is 1. The lowest BCUT2D eigenvalue weighted by atomic mass is 10.2.